The average Bonchev–Trinajstić information content (AvgIpc) is 3.06. The second-order valence-electron chi connectivity index (χ2n) is 6.75. The predicted molar refractivity (Wildman–Crippen MR) is 101 cm³/mol. The maximum Gasteiger partial charge on any atom is 0.329 e. The molecule has 2 atom stereocenters. The summed E-state index contributed by atoms with van der Waals surface area (Å²) in [4.78, 5) is 36.7. The van der Waals surface area contributed by atoms with Crippen LogP contribution in [0.2, 0.25) is 0 Å². The van der Waals surface area contributed by atoms with Gasteiger partial charge >= 0.3 is 5.97 Å². The van der Waals surface area contributed by atoms with Crippen LogP contribution in [0, 0.1) is 13.8 Å². The van der Waals surface area contributed by atoms with Crippen molar-refractivity contribution in [3.63, 3.8) is 0 Å². The minimum absolute atomic E-state index is 0.187. The summed E-state index contributed by atoms with van der Waals surface area (Å²) in [5.74, 6) is -1.23. The van der Waals surface area contributed by atoms with E-state index in [1.165, 1.54) is 0 Å². The quantitative estimate of drug-likeness (QED) is 0.797. The van der Waals surface area contributed by atoms with E-state index in [-0.39, 0.29) is 12.3 Å². The maximum absolute atomic E-state index is 12.9. The second kappa shape index (κ2) is 8.03. The third kappa shape index (κ3) is 4.73. The lowest BCUT2D eigenvalue weighted by molar-refractivity contribution is -0.156. The summed E-state index contributed by atoms with van der Waals surface area (Å²) >= 11 is 0. The smallest absolute Gasteiger partial charge is 0.329 e. The highest BCUT2D eigenvalue weighted by molar-refractivity contribution is 5.97. The number of anilines is 1. The number of carbonyl (C=O) groups is 3. The Bertz CT molecular complexity index is 843. The molecule has 6 nitrogen and oxygen atoms in total. The van der Waals surface area contributed by atoms with Crippen LogP contribution in [0.5, 0.6) is 0 Å². The van der Waals surface area contributed by atoms with E-state index in [4.69, 9.17) is 4.74 Å². The van der Waals surface area contributed by atoms with Gasteiger partial charge in [-0.2, -0.15) is 0 Å². The molecule has 0 aromatic heterocycles. The fraction of sp³-hybridized carbons (Fsp3) is 0.286. The first-order chi connectivity index (χ1) is 12.9. The third-order valence-corrected chi connectivity index (χ3v) is 4.34. The van der Waals surface area contributed by atoms with E-state index in [0.717, 1.165) is 11.1 Å². The fourth-order valence-corrected chi connectivity index (χ4v) is 3.14. The van der Waals surface area contributed by atoms with Crippen LogP contribution >= 0.6 is 0 Å². The Balaban J connectivity index is 1.80. The van der Waals surface area contributed by atoms with E-state index >= 15 is 0 Å². The molecule has 140 valence electrons. The molecule has 1 aliphatic heterocycles. The summed E-state index contributed by atoms with van der Waals surface area (Å²) in [5, 5.41) is 5.39. The molecule has 0 bridgehead atoms. The van der Waals surface area contributed by atoms with Crippen molar-refractivity contribution in [2.24, 2.45) is 0 Å². The highest BCUT2D eigenvalue weighted by atomic mass is 16.5. The summed E-state index contributed by atoms with van der Waals surface area (Å²) in [5.41, 5.74) is 3.25. The van der Waals surface area contributed by atoms with Gasteiger partial charge in [-0.3, -0.25) is 9.59 Å². The Morgan fingerprint density at radius 3 is 2.37 bits per heavy atom. The largest absolute Gasteiger partial charge is 0.446 e. The molecular weight excluding hydrogens is 344 g/mol. The molecule has 1 heterocycles. The molecule has 0 unspecified atom stereocenters. The van der Waals surface area contributed by atoms with Crippen molar-refractivity contribution in [3.8, 4) is 0 Å². The Labute approximate surface area is 157 Å². The summed E-state index contributed by atoms with van der Waals surface area (Å²) in [6.07, 6.45) is -0.445. The molecule has 3 rings (SSSR count). The number of esters is 1. The number of amides is 2. The van der Waals surface area contributed by atoms with Gasteiger partial charge in [-0.05, 0) is 43.5 Å². The van der Waals surface area contributed by atoms with Crippen LogP contribution in [0.3, 0.4) is 0 Å². The van der Waals surface area contributed by atoms with Gasteiger partial charge in [0.15, 0.2) is 0 Å². The molecule has 0 aliphatic carbocycles. The molecule has 0 spiro atoms. The van der Waals surface area contributed by atoms with Crippen molar-refractivity contribution >= 4 is 23.5 Å². The first-order valence-electron chi connectivity index (χ1n) is 8.86. The predicted octanol–water partition coefficient (Wildman–Crippen LogP) is 2.81. The summed E-state index contributed by atoms with van der Waals surface area (Å²) in [6, 6.07) is 13.8. The summed E-state index contributed by atoms with van der Waals surface area (Å²) in [7, 11) is 0. The summed E-state index contributed by atoms with van der Waals surface area (Å²) in [6.45, 7) is 3.89. The average molecular weight is 366 g/mol. The topological polar surface area (TPSA) is 84.5 Å². The Kier molecular flexibility index (Phi) is 5.54. The van der Waals surface area contributed by atoms with Crippen LogP contribution in [0.1, 0.15) is 35.6 Å². The molecule has 0 saturated carbocycles. The molecule has 2 aromatic carbocycles. The van der Waals surface area contributed by atoms with Crippen molar-refractivity contribution in [2.75, 3.05) is 5.32 Å². The zero-order valence-corrected chi connectivity index (χ0v) is 15.3. The van der Waals surface area contributed by atoms with Gasteiger partial charge in [0.05, 0.1) is 0 Å². The van der Waals surface area contributed by atoms with Crippen LogP contribution in [-0.2, 0) is 19.1 Å². The number of carbonyl (C=O) groups excluding carboxylic acids is 3. The van der Waals surface area contributed by atoms with Crippen molar-refractivity contribution in [1.82, 2.24) is 5.32 Å². The number of hydrogen-bond donors (Lipinski definition) is 2. The molecule has 0 radical (unpaired) electrons. The van der Waals surface area contributed by atoms with Crippen LogP contribution in [0.15, 0.2) is 48.5 Å². The highest BCUT2D eigenvalue weighted by Gasteiger charge is 2.33. The van der Waals surface area contributed by atoms with Crippen molar-refractivity contribution < 1.29 is 19.1 Å². The number of ether oxygens (including phenoxy) is 1. The Morgan fingerprint density at radius 1 is 1.11 bits per heavy atom. The van der Waals surface area contributed by atoms with E-state index < -0.39 is 24.0 Å². The molecular formula is C21H22N2O4. The van der Waals surface area contributed by atoms with Crippen molar-refractivity contribution in [1.29, 1.82) is 0 Å². The van der Waals surface area contributed by atoms with Gasteiger partial charge in [-0.15, -0.1) is 0 Å². The van der Waals surface area contributed by atoms with Crippen LogP contribution in [0.4, 0.5) is 5.69 Å². The van der Waals surface area contributed by atoms with Crippen LogP contribution < -0.4 is 10.6 Å². The molecule has 27 heavy (non-hydrogen) atoms. The molecule has 1 fully saturated rings. The lowest BCUT2D eigenvalue weighted by atomic mass is 10.1. The zero-order valence-electron chi connectivity index (χ0n) is 15.3. The van der Waals surface area contributed by atoms with Crippen molar-refractivity contribution in [2.45, 2.75) is 38.8 Å². The molecule has 2 N–H and O–H groups in total. The SMILES string of the molecule is Cc1cc(C)cc(NC(=O)[C@@H](OC(=O)[C@H]2CCC(=O)N2)c2ccccc2)c1. The molecule has 1 saturated heterocycles. The first-order valence-corrected chi connectivity index (χ1v) is 8.86. The highest BCUT2D eigenvalue weighted by Crippen LogP contribution is 2.23. The van der Waals surface area contributed by atoms with E-state index in [0.29, 0.717) is 17.7 Å². The van der Waals surface area contributed by atoms with E-state index in [1.54, 1.807) is 24.3 Å². The van der Waals surface area contributed by atoms with E-state index in [2.05, 4.69) is 10.6 Å². The first kappa shape index (κ1) is 18.6. The number of benzene rings is 2. The van der Waals surface area contributed by atoms with Gasteiger partial charge in [0.2, 0.25) is 12.0 Å². The van der Waals surface area contributed by atoms with Gasteiger partial charge in [0.1, 0.15) is 6.04 Å². The Hall–Kier alpha value is -3.15. The number of nitrogens with one attached hydrogen (secondary N) is 2. The zero-order chi connectivity index (χ0) is 19.4. The van der Waals surface area contributed by atoms with Gasteiger partial charge < -0.3 is 15.4 Å². The fourth-order valence-electron chi connectivity index (χ4n) is 3.14. The number of rotatable bonds is 5. The van der Waals surface area contributed by atoms with Crippen LogP contribution in [0.25, 0.3) is 0 Å². The standard InChI is InChI=1S/C21H22N2O4/c1-13-10-14(2)12-16(11-13)22-20(25)19(15-6-4-3-5-7-15)27-21(26)17-8-9-18(24)23-17/h3-7,10-12,17,19H,8-9H2,1-2H3,(H,22,25)(H,23,24)/t17-,19+/m1/s1. The lowest BCUT2D eigenvalue weighted by Crippen LogP contribution is -2.37. The lowest BCUT2D eigenvalue weighted by Gasteiger charge is -2.20. The number of hydrogen-bond acceptors (Lipinski definition) is 4. The molecule has 2 aromatic rings. The van der Waals surface area contributed by atoms with Crippen molar-refractivity contribution in [3.05, 3.63) is 65.2 Å². The minimum atomic E-state index is -1.10. The molecule has 6 heteroatoms. The van der Waals surface area contributed by atoms with Gasteiger partial charge in [0.25, 0.3) is 5.91 Å². The van der Waals surface area contributed by atoms with Gasteiger partial charge in [-0.25, -0.2) is 4.79 Å². The van der Waals surface area contributed by atoms with Crippen LogP contribution in [-0.4, -0.2) is 23.8 Å². The van der Waals surface area contributed by atoms with Gasteiger partial charge in [0, 0.05) is 17.7 Å². The second-order valence-corrected chi connectivity index (χ2v) is 6.75. The summed E-state index contributed by atoms with van der Waals surface area (Å²) < 4.78 is 5.50. The van der Waals surface area contributed by atoms with Gasteiger partial charge in [-0.1, -0.05) is 36.4 Å². The number of aryl methyl sites for hydroxylation is 2. The van der Waals surface area contributed by atoms with E-state index in [1.807, 2.05) is 38.1 Å². The normalized spacial score (nSPS) is 17.1. The molecule has 1 aliphatic rings. The van der Waals surface area contributed by atoms with E-state index in [9.17, 15) is 14.4 Å². The third-order valence-electron chi connectivity index (χ3n) is 4.34. The monoisotopic (exact) mass is 366 g/mol. The Morgan fingerprint density at radius 2 is 1.78 bits per heavy atom. The minimum Gasteiger partial charge on any atom is -0.446 e. The molecule has 2 amide bonds. The maximum atomic E-state index is 12.9.